The molecule has 0 spiro atoms. The lowest BCUT2D eigenvalue weighted by atomic mass is 10.2. The Bertz CT molecular complexity index is 508. The molecule has 4 N–H and O–H groups in total. The lowest BCUT2D eigenvalue weighted by Gasteiger charge is -2.21. The van der Waals surface area contributed by atoms with E-state index in [1.165, 1.54) is 11.1 Å². The van der Waals surface area contributed by atoms with Crippen molar-refractivity contribution in [3.63, 3.8) is 0 Å². The molecule has 0 aliphatic heterocycles. The topological polar surface area (TPSA) is 80.5 Å². The molecule has 21 heavy (non-hydrogen) atoms. The highest BCUT2D eigenvalue weighted by molar-refractivity contribution is 5.75. The summed E-state index contributed by atoms with van der Waals surface area (Å²) in [4.78, 5) is 10.5. The highest BCUT2D eigenvalue weighted by atomic mass is 15.1. The average molecular weight is 283 g/mol. The van der Waals surface area contributed by atoms with E-state index in [4.69, 9.17) is 11.5 Å². The largest absolute Gasteiger partial charge is 0.370 e. The quantitative estimate of drug-likeness (QED) is 0.594. The average Bonchev–Trinajstić information content (AvgIpc) is 2.49. The lowest BCUT2D eigenvalue weighted by Crippen LogP contribution is -2.28. The SMILES string of the molecule is NC(N)=NCCN(Cc1ccccc1)Cc1cccnc1. The summed E-state index contributed by atoms with van der Waals surface area (Å²) in [7, 11) is 0. The first-order chi connectivity index (χ1) is 10.2. The normalized spacial score (nSPS) is 10.5. The Morgan fingerprint density at radius 3 is 2.38 bits per heavy atom. The minimum Gasteiger partial charge on any atom is -0.370 e. The number of nitrogens with two attached hydrogens (primary N) is 2. The van der Waals surface area contributed by atoms with Crippen LogP contribution in [-0.4, -0.2) is 28.9 Å². The van der Waals surface area contributed by atoms with E-state index in [9.17, 15) is 0 Å². The molecule has 0 unspecified atom stereocenters. The second kappa shape index (κ2) is 8.01. The van der Waals surface area contributed by atoms with Crippen LogP contribution < -0.4 is 11.5 Å². The summed E-state index contributed by atoms with van der Waals surface area (Å²) in [5.41, 5.74) is 13.2. The first-order valence-corrected chi connectivity index (χ1v) is 6.94. The van der Waals surface area contributed by atoms with E-state index in [0.717, 1.165) is 19.6 Å². The molecule has 0 amide bonds. The molecule has 0 aliphatic rings. The van der Waals surface area contributed by atoms with E-state index < -0.39 is 0 Å². The van der Waals surface area contributed by atoms with E-state index in [-0.39, 0.29) is 5.96 Å². The molecule has 0 radical (unpaired) electrons. The van der Waals surface area contributed by atoms with Crippen LogP contribution in [0.1, 0.15) is 11.1 Å². The first kappa shape index (κ1) is 15.0. The summed E-state index contributed by atoms with van der Waals surface area (Å²) in [6, 6.07) is 14.4. The number of hydrogen-bond acceptors (Lipinski definition) is 3. The maximum atomic E-state index is 5.38. The second-order valence-corrected chi connectivity index (χ2v) is 4.86. The molecule has 5 nitrogen and oxygen atoms in total. The number of guanidine groups is 1. The van der Waals surface area contributed by atoms with E-state index in [0.29, 0.717) is 6.54 Å². The van der Waals surface area contributed by atoms with Crippen molar-refractivity contribution in [2.24, 2.45) is 16.5 Å². The van der Waals surface area contributed by atoms with Crippen LogP contribution in [0.3, 0.4) is 0 Å². The van der Waals surface area contributed by atoms with Crippen LogP contribution in [0.15, 0.2) is 59.9 Å². The lowest BCUT2D eigenvalue weighted by molar-refractivity contribution is 0.264. The monoisotopic (exact) mass is 283 g/mol. The van der Waals surface area contributed by atoms with E-state index in [1.807, 2.05) is 30.5 Å². The molecule has 2 rings (SSSR count). The van der Waals surface area contributed by atoms with Gasteiger partial charge < -0.3 is 11.5 Å². The Hall–Kier alpha value is -2.40. The zero-order valence-corrected chi connectivity index (χ0v) is 12.0. The van der Waals surface area contributed by atoms with Gasteiger partial charge >= 0.3 is 0 Å². The predicted octanol–water partition coefficient (Wildman–Crippen LogP) is 1.36. The van der Waals surface area contributed by atoms with Gasteiger partial charge in [-0.1, -0.05) is 36.4 Å². The Balaban J connectivity index is 2.01. The standard InChI is InChI=1S/C16H21N5/c17-16(18)20-9-10-21(12-14-5-2-1-3-6-14)13-15-7-4-8-19-11-15/h1-8,11H,9-10,12-13H2,(H4,17,18,20). The number of aromatic nitrogens is 1. The molecular formula is C16H21N5. The molecule has 2 aromatic rings. The Morgan fingerprint density at radius 1 is 1.00 bits per heavy atom. The van der Waals surface area contributed by atoms with Gasteiger partial charge in [0, 0.05) is 32.0 Å². The zero-order valence-electron chi connectivity index (χ0n) is 12.0. The fraction of sp³-hybridized carbons (Fsp3) is 0.250. The van der Waals surface area contributed by atoms with Gasteiger partial charge in [0.1, 0.15) is 0 Å². The summed E-state index contributed by atoms with van der Waals surface area (Å²) < 4.78 is 0. The van der Waals surface area contributed by atoms with Crippen molar-refractivity contribution in [2.45, 2.75) is 13.1 Å². The summed E-state index contributed by atoms with van der Waals surface area (Å²) >= 11 is 0. The number of pyridine rings is 1. The van der Waals surface area contributed by atoms with Gasteiger partial charge in [0.05, 0.1) is 6.54 Å². The van der Waals surface area contributed by atoms with Crippen molar-refractivity contribution in [2.75, 3.05) is 13.1 Å². The van der Waals surface area contributed by atoms with Gasteiger partial charge in [-0.2, -0.15) is 0 Å². The minimum atomic E-state index is 0.135. The molecule has 0 saturated heterocycles. The van der Waals surface area contributed by atoms with Crippen molar-refractivity contribution in [3.8, 4) is 0 Å². The molecule has 5 heteroatoms. The van der Waals surface area contributed by atoms with Gasteiger partial charge in [-0.15, -0.1) is 0 Å². The molecular weight excluding hydrogens is 262 g/mol. The maximum Gasteiger partial charge on any atom is 0.185 e. The molecule has 1 heterocycles. The van der Waals surface area contributed by atoms with E-state index >= 15 is 0 Å². The van der Waals surface area contributed by atoms with Gasteiger partial charge in [-0.25, -0.2) is 0 Å². The van der Waals surface area contributed by atoms with Crippen LogP contribution >= 0.6 is 0 Å². The molecule has 0 bridgehead atoms. The molecule has 0 atom stereocenters. The van der Waals surface area contributed by atoms with Crippen LogP contribution in [0, 0.1) is 0 Å². The number of benzene rings is 1. The molecule has 0 fully saturated rings. The Labute approximate surface area is 125 Å². The summed E-state index contributed by atoms with van der Waals surface area (Å²) in [6.45, 7) is 3.07. The smallest absolute Gasteiger partial charge is 0.185 e. The van der Waals surface area contributed by atoms with E-state index in [1.54, 1.807) is 6.20 Å². The van der Waals surface area contributed by atoms with E-state index in [2.05, 4.69) is 33.1 Å². The van der Waals surface area contributed by atoms with Crippen LogP contribution in [0.5, 0.6) is 0 Å². The van der Waals surface area contributed by atoms with Crippen LogP contribution in [-0.2, 0) is 13.1 Å². The molecule has 110 valence electrons. The van der Waals surface area contributed by atoms with Gasteiger partial charge in [0.25, 0.3) is 0 Å². The molecule has 1 aromatic heterocycles. The van der Waals surface area contributed by atoms with Crippen molar-refractivity contribution >= 4 is 5.96 Å². The number of aliphatic imine (C=N–C) groups is 1. The van der Waals surface area contributed by atoms with Crippen LogP contribution in [0.2, 0.25) is 0 Å². The van der Waals surface area contributed by atoms with Crippen molar-refractivity contribution in [1.82, 2.24) is 9.88 Å². The fourth-order valence-electron chi connectivity index (χ4n) is 2.13. The first-order valence-electron chi connectivity index (χ1n) is 6.94. The number of hydrogen-bond donors (Lipinski definition) is 2. The third-order valence-electron chi connectivity index (χ3n) is 3.09. The van der Waals surface area contributed by atoms with Crippen molar-refractivity contribution in [1.29, 1.82) is 0 Å². The summed E-state index contributed by atoms with van der Waals surface area (Å²) in [5.74, 6) is 0.135. The third kappa shape index (κ3) is 5.62. The summed E-state index contributed by atoms with van der Waals surface area (Å²) in [6.07, 6.45) is 3.67. The predicted molar refractivity (Wildman–Crippen MR) is 85.5 cm³/mol. The second-order valence-electron chi connectivity index (χ2n) is 4.86. The molecule has 1 aromatic carbocycles. The molecule has 0 saturated carbocycles. The highest BCUT2D eigenvalue weighted by Gasteiger charge is 2.07. The molecule has 0 aliphatic carbocycles. The van der Waals surface area contributed by atoms with Gasteiger partial charge in [-0.3, -0.25) is 14.9 Å². The third-order valence-corrected chi connectivity index (χ3v) is 3.09. The highest BCUT2D eigenvalue weighted by Crippen LogP contribution is 2.09. The van der Waals surface area contributed by atoms with Crippen molar-refractivity contribution < 1.29 is 0 Å². The Morgan fingerprint density at radius 2 is 1.71 bits per heavy atom. The maximum absolute atomic E-state index is 5.38. The number of nitrogens with zero attached hydrogens (tertiary/aromatic N) is 3. The zero-order chi connectivity index (χ0) is 14.9. The Kier molecular flexibility index (Phi) is 5.72. The van der Waals surface area contributed by atoms with Crippen LogP contribution in [0.25, 0.3) is 0 Å². The van der Waals surface area contributed by atoms with Gasteiger partial charge in [0.2, 0.25) is 0 Å². The van der Waals surface area contributed by atoms with Crippen LogP contribution in [0.4, 0.5) is 0 Å². The van der Waals surface area contributed by atoms with Crippen molar-refractivity contribution in [3.05, 3.63) is 66.0 Å². The number of rotatable bonds is 7. The van der Waals surface area contributed by atoms with Gasteiger partial charge in [-0.05, 0) is 17.2 Å². The fourth-order valence-corrected chi connectivity index (χ4v) is 2.13. The summed E-state index contributed by atoms with van der Waals surface area (Å²) in [5, 5.41) is 0. The minimum absolute atomic E-state index is 0.135. The van der Waals surface area contributed by atoms with Gasteiger partial charge in [0.15, 0.2) is 5.96 Å².